The molecule has 1 atom stereocenters. The van der Waals surface area contributed by atoms with Gasteiger partial charge in [0, 0.05) is 5.69 Å². The second-order valence-electron chi connectivity index (χ2n) is 3.78. The van der Waals surface area contributed by atoms with Crippen LogP contribution in [0.1, 0.15) is 12.5 Å². The Labute approximate surface area is 97.8 Å². The molecule has 5 heteroatoms. The lowest BCUT2D eigenvalue weighted by molar-refractivity contribution is -0.120. The summed E-state index contributed by atoms with van der Waals surface area (Å²) in [6.45, 7) is 2.15. The van der Waals surface area contributed by atoms with Gasteiger partial charge in [-0.1, -0.05) is 11.6 Å². The third-order valence-corrected chi connectivity index (χ3v) is 2.72. The monoisotopic (exact) mass is 236 g/mol. The van der Waals surface area contributed by atoms with Gasteiger partial charge in [0.25, 0.3) is 5.91 Å². The van der Waals surface area contributed by atoms with E-state index in [9.17, 15) is 4.79 Å². The second-order valence-corrected chi connectivity index (χ2v) is 4.19. The average molecular weight is 237 g/mol. The lowest BCUT2D eigenvalue weighted by atomic mass is 10.1. The Morgan fingerprint density at radius 1 is 1.69 bits per heavy atom. The molecule has 1 aromatic carbocycles. The van der Waals surface area contributed by atoms with Crippen molar-refractivity contribution >= 4 is 23.2 Å². The minimum absolute atomic E-state index is 0.201. The van der Waals surface area contributed by atoms with Gasteiger partial charge in [0.15, 0.2) is 5.60 Å². The van der Waals surface area contributed by atoms with Gasteiger partial charge in [-0.2, -0.15) is 5.26 Å². The number of amides is 1. The van der Waals surface area contributed by atoms with E-state index in [0.29, 0.717) is 22.9 Å². The van der Waals surface area contributed by atoms with Gasteiger partial charge >= 0.3 is 0 Å². The summed E-state index contributed by atoms with van der Waals surface area (Å²) < 4.78 is 5.01. The van der Waals surface area contributed by atoms with Gasteiger partial charge in [-0.05, 0) is 25.1 Å². The molecule has 4 nitrogen and oxygen atoms in total. The number of nitrogens with one attached hydrogen (secondary N) is 1. The molecule has 2 rings (SSSR count). The molecule has 16 heavy (non-hydrogen) atoms. The topological polar surface area (TPSA) is 65.4 Å². The van der Waals surface area contributed by atoms with E-state index in [1.165, 1.54) is 0 Å². The fourth-order valence-corrected chi connectivity index (χ4v) is 1.41. The molecule has 0 aromatic heterocycles. The Morgan fingerprint density at radius 2 is 2.38 bits per heavy atom. The molecule has 1 amide bonds. The van der Waals surface area contributed by atoms with Crippen molar-refractivity contribution in [2.24, 2.45) is 0 Å². The maximum Gasteiger partial charge on any atom is 0.258 e. The number of nitrogens with zero attached hydrogens (tertiary/aromatic N) is 1. The van der Waals surface area contributed by atoms with E-state index in [0.717, 1.165) is 0 Å². The first-order chi connectivity index (χ1) is 7.55. The van der Waals surface area contributed by atoms with Crippen LogP contribution in [0.4, 0.5) is 5.69 Å². The number of ether oxygens (including phenoxy) is 1. The van der Waals surface area contributed by atoms with Gasteiger partial charge < -0.3 is 10.1 Å². The van der Waals surface area contributed by atoms with Gasteiger partial charge in [0.1, 0.15) is 6.07 Å². The standard InChI is InChI=1S/C11H9ClN2O2/c1-11(6-16-11)10(15)14-8-3-2-7(5-13)9(12)4-8/h2-4H,6H2,1H3,(H,14,15)/t11-/m0/s1. The van der Waals surface area contributed by atoms with Crippen molar-refractivity contribution in [3.05, 3.63) is 28.8 Å². The van der Waals surface area contributed by atoms with Crippen LogP contribution in [0.2, 0.25) is 5.02 Å². The summed E-state index contributed by atoms with van der Waals surface area (Å²) in [5.41, 5.74) is 0.236. The second kappa shape index (κ2) is 3.78. The summed E-state index contributed by atoms with van der Waals surface area (Å²) in [6.07, 6.45) is 0. The Kier molecular flexibility index (Phi) is 2.58. The summed E-state index contributed by atoms with van der Waals surface area (Å²) in [5.74, 6) is -0.201. The molecule has 0 aliphatic carbocycles. The zero-order chi connectivity index (χ0) is 11.8. The van der Waals surface area contributed by atoms with Crippen molar-refractivity contribution in [1.82, 2.24) is 0 Å². The highest BCUT2D eigenvalue weighted by atomic mass is 35.5. The molecule has 1 N–H and O–H groups in total. The Morgan fingerprint density at radius 3 is 2.88 bits per heavy atom. The van der Waals surface area contributed by atoms with E-state index in [2.05, 4.69) is 5.32 Å². The third-order valence-electron chi connectivity index (χ3n) is 2.41. The molecule has 0 spiro atoms. The lowest BCUT2D eigenvalue weighted by Crippen LogP contribution is -2.28. The Balaban J connectivity index is 2.14. The summed E-state index contributed by atoms with van der Waals surface area (Å²) in [4.78, 5) is 11.6. The highest BCUT2D eigenvalue weighted by molar-refractivity contribution is 6.32. The average Bonchev–Trinajstić information content (AvgIpc) is 2.98. The Bertz CT molecular complexity index is 489. The van der Waals surface area contributed by atoms with Gasteiger partial charge in [-0.15, -0.1) is 0 Å². The fourth-order valence-electron chi connectivity index (χ4n) is 1.19. The summed E-state index contributed by atoms with van der Waals surface area (Å²) in [6, 6.07) is 6.69. The first-order valence-electron chi connectivity index (χ1n) is 4.70. The summed E-state index contributed by atoms with van der Waals surface area (Å²) in [5, 5.41) is 11.7. The highest BCUT2D eigenvalue weighted by Gasteiger charge is 2.47. The maximum atomic E-state index is 11.6. The van der Waals surface area contributed by atoms with Crippen LogP contribution in [0, 0.1) is 11.3 Å². The van der Waals surface area contributed by atoms with Crippen molar-refractivity contribution in [3.8, 4) is 6.07 Å². The van der Waals surface area contributed by atoms with Crippen LogP contribution in [0.15, 0.2) is 18.2 Å². The smallest absolute Gasteiger partial charge is 0.258 e. The zero-order valence-electron chi connectivity index (χ0n) is 8.58. The number of hydrogen-bond acceptors (Lipinski definition) is 3. The minimum atomic E-state index is -0.708. The summed E-state index contributed by atoms with van der Waals surface area (Å²) >= 11 is 5.84. The molecule has 0 saturated carbocycles. The third kappa shape index (κ3) is 2.01. The predicted octanol–water partition coefficient (Wildman–Crippen LogP) is 1.94. The Hall–Kier alpha value is -1.57. The molecule has 0 unspecified atom stereocenters. The molecule has 0 radical (unpaired) electrons. The molecule has 1 saturated heterocycles. The van der Waals surface area contributed by atoms with E-state index in [1.54, 1.807) is 25.1 Å². The van der Waals surface area contributed by atoms with Gasteiger partial charge in [-0.25, -0.2) is 0 Å². The molecule has 1 heterocycles. The van der Waals surface area contributed by atoms with E-state index < -0.39 is 5.60 Å². The highest BCUT2D eigenvalue weighted by Crippen LogP contribution is 2.28. The first kappa shape index (κ1) is 10.9. The molecule has 1 aliphatic heterocycles. The number of rotatable bonds is 2. The van der Waals surface area contributed by atoms with Crippen LogP contribution in [-0.4, -0.2) is 18.1 Å². The summed E-state index contributed by atoms with van der Waals surface area (Å²) in [7, 11) is 0. The van der Waals surface area contributed by atoms with E-state index in [-0.39, 0.29) is 5.91 Å². The van der Waals surface area contributed by atoms with Crippen molar-refractivity contribution in [2.45, 2.75) is 12.5 Å². The van der Waals surface area contributed by atoms with Crippen molar-refractivity contribution in [2.75, 3.05) is 11.9 Å². The largest absolute Gasteiger partial charge is 0.359 e. The molecular formula is C11H9ClN2O2. The number of carbonyl (C=O) groups excluding carboxylic acids is 1. The molecule has 1 fully saturated rings. The number of halogens is 1. The maximum absolute atomic E-state index is 11.6. The minimum Gasteiger partial charge on any atom is -0.359 e. The quantitative estimate of drug-likeness (QED) is 0.798. The van der Waals surface area contributed by atoms with Gasteiger partial charge in [0.2, 0.25) is 0 Å². The van der Waals surface area contributed by atoms with Crippen LogP contribution in [0.5, 0.6) is 0 Å². The normalized spacial score (nSPS) is 22.3. The van der Waals surface area contributed by atoms with Crippen molar-refractivity contribution in [1.29, 1.82) is 5.26 Å². The first-order valence-corrected chi connectivity index (χ1v) is 5.08. The number of hydrogen-bond donors (Lipinski definition) is 1. The zero-order valence-corrected chi connectivity index (χ0v) is 9.34. The number of carbonyl (C=O) groups is 1. The van der Waals surface area contributed by atoms with E-state index in [4.69, 9.17) is 21.6 Å². The fraction of sp³-hybridized carbons (Fsp3) is 0.273. The van der Waals surface area contributed by atoms with Crippen LogP contribution in [-0.2, 0) is 9.53 Å². The van der Waals surface area contributed by atoms with Gasteiger partial charge in [-0.3, -0.25) is 4.79 Å². The molecule has 1 aromatic rings. The number of anilines is 1. The van der Waals surface area contributed by atoms with Crippen molar-refractivity contribution < 1.29 is 9.53 Å². The van der Waals surface area contributed by atoms with E-state index in [1.807, 2.05) is 6.07 Å². The van der Waals surface area contributed by atoms with Crippen molar-refractivity contribution in [3.63, 3.8) is 0 Å². The predicted molar refractivity (Wildman–Crippen MR) is 59.2 cm³/mol. The molecule has 1 aliphatic rings. The van der Waals surface area contributed by atoms with E-state index >= 15 is 0 Å². The van der Waals surface area contributed by atoms with Crippen LogP contribution in [0.25, 0.3) is 0 Å². The van der Waals surface area contributed by atoms with Crippen LogP contribution >= 0.6 is 11.6 Å². The number of benzene rings is 1. The number of nitriles is 1. The lowest BCUT2D eigenvalue weighted by Gasteiger charge is -2.08. The van der Waals surface area contributed by atoms with Crippen LogP contribution in [0.3, 0.4) is 0 Å². The molecular weight excluding hydrogens is 228 g/mol. The number of epoxide rings is 1. The SMILES string of the molecule is C[C@@]1(C(=O)Nc2ccc(C#N)c(Cl)c2)CO1. The molecule has 82 valence electrons. The van der Waals surface area contributed by atoms with Crippen LogP contribution < -0.4 is 5.32 Å². The molecule has 0 bridgehead atoms. The van der Waals surface area contributed by atoms with Gasteiger partial charge in [0.05, 0.1) is 17.2 Å².